The Morgan fingerprint density at radius 2 is 1.93 bits per heavy atom. The molecule has 1 aromatic rings. The Balaban J connectivity index is 1.45. The van der Waals surface area contributed by atoms with Crippen molar-refractivity contribution in [1.82, 2.24) is 9.78 Å². The van der Waals surface area contributed by atoms with Crippen LogP contribution >= 0.6 is 0 Å². The highest BCUT2D eigenvalue weighted by Crippen LogP contribution is 2.66. The molecule has 0 spiro atoms. The zero-order chi connectivity index (χ0) is 18.8. The van der Waals surface area contributed by atoms with Crippen LogP contribution in [0.5, 0.6) is 0 Å². The predicted molar refractivity (Wildman–Crippen MR) is 109 cm³/mol. The monoisotopic (exact) mass is 368 g/mol. The van der Waals surface area contributed by atoms with Crippen molar-refractivity contribution >= 4 is 6.08 Å². The Morgan fingerprint density at radius 3 is 2.70 bits per heavy atom. The van der Waals surface area contributed by atoms with Gasteiger partial charge in [-0.2, -0.15) is 5.10 Å². The minimum absolute atomic E-state index is 0.0765. The smallest absolute Gasteiger partial charge is 0.0809 e. The molecule has 1 heterocycles. The minimum Gasteiger partial charge on any atom is -0.388 e. The molecule has 1 N–H and O–H groups in total. The molecule has 5 rings (SSSR count). The third-order valence-electron chi connectivity index (χ3n) is 9.53. The maximum atomic E-state index is 11.3. The van der Waals surface area contributed by atoms with E-state index in [1.165, 1.54) is 56.9 Å². The molecule has 0 amide bonds. The summed E-state index contributed by atoms with van der Waals surface area (Å²) in [5, 5.41) is 15.6. The molecule has 0 saturated heterocycles. The Kier molecular flexibility index (Phi) is 4.13. The summed E-state index contributed by atoms with van der Waals surface area (Å²) in [5.41, 5.74) is 3.04. The van der Waals surface area contributed by atoms with E-state index in [9.17, 15) is 5.11 Å². The maximum Gasteiger partial charge on any atom is 0.0809 e. The highest BCUT2D eigenvalue weighted by atomic mass is 16.3. The molecule has 0 bridgehead atoms. The van der Waals surface area contributed by atoms with Crippen molar-refractivity contribution < 1.29 is 5.11 Å². The number of aliphatic hydroxyl groups excluding tert-OH is 1. The number of fused-ring (bicyclic) bond motifs is 5. The molecular formula is C24H36N2O. The van der Waals surface area contributed by atoms with E-state index >= 15 is 0 Å². The van der Waals surface area contributed by atoms with Gasteiger partial charge in [-0.25, -0.2) is 0 Å². The number of aryl methyl sites for hydroxylation is 1. The summed E-state index contributed by atoms with van der Waals surface area (Å²) in [6.07, 6.45) is 18.2. The third-order valence-corrected chi connectivity index (χ3v) is 9.53. The zero-order valence-corrected chi connectivity index (χ0v) is 17.3. The van der Waals surface area contributed by atoms with Crippen LogP contribution in [-0.4, -0.2) is 21.0 Å². The lowest BCUT2D eigenvalue weighted by Crippen LogP contribution is -2.53. The van der Waals surface area contributed by atoms with Gasteiger partial charge in [0.15, 0.2) is 0 Å². The summed E-state index contributed by atoms with van der Waals surface area (Å²) in [6, 6.07) is 0. The van der Waals surface area contributed by atoms with Gasteiger partial charge < -0.3 is 5.11 Å². The van der Waals surface area contributed by atoms with Gasteiger partial charge in [0.25, 0.3) is 0 Å². The quantitative estimate of drug-likeness (QED) is 0.739. The van der Waals surface area contributed by atoms with Gasteiger partial charge in [-0.15, -0.1) is 0 Å². The molecule has 3 heteroatoms. The topological polar surface area (TPSA) is 38.0 Å². The Bertz CT molecular complexity index is 751. The van der Waals surface area contributed by atoms with Crippen molar-refractivity contribution in [2.24, 2.45) is 41.5 Å². The first-order valence-electron chi connectivity index (χ1n) is 11.3. The first kappa shape index (κ1) is 18.0. The Morgan fingerprint density at radius 1 is 1.07 bits per heavy atom. The molecule has 0 radical (unpaired) electrons. The van der Waals surface area contributed by atoms with Crippen LogP contribution < -0.4 is 0 Å². The lowest BCUT2D eigenvalue weighted by molar-refractivity contribution is -0.119. The van der Waals surface area contributed by atoms with Crippen LogP contribution in [0.1, 0.15) is 77.2 Å². The molecule has 0 unspecified atom stereocenters. The standard InChI is InChI=1S/C24H36N2O/c1-23-10-5-4-6-18(23)7-8-19-20(23)9-11-24(2)21(19)13-17(22(24)27)12-16-14-25-26(3)15-16/h12,14-15,18-22,27H,4-11,13H2,1-3H3/b17-12+/t18-,19+,20-,21-,22-,23+,24+/m1/s1. The lowest BCUT2D eigenvalue weighted by Gasteiger charge is -2.60. The third kappa shape index (κ3) is 2.60. The maximum absolute atomic E-state index is 11.3. The highest BCUT2D eigenvalue weighted by molar-refractivity contribution is 5.54. The molecule has 0 aromatic carbocycles. The summed E-state index contributed by atoms with van der Waals surface area (Å²) in [6.45, 7) is 5.02. The van der Waals surface area contributed by atoms with Crippen LogP contribution in [0.4, 0.5) is 0 Å². The summed E-state index contributed by atoms with van der Waals surface area (Å²) in [4.78, 5) is 0. The van der Waals surface area contributed by atoms with Gasteiger partial charge in [-0.3, -0.25) is 4.68 Å². The number of aliphatic hydroxyl groups is 1. The van der Waals surface area contributed by atoms with E-state index in [0.717, 1.165) is 29.7 Å². The van der Waals surface area contributed by atoms with E-state index in [4.69, 9.17) is 0 Å². The van der Waals surface area contributed by atoms with Crippen molar-refractivity contribution in [3.05, 3.63) is 23.5 Å². The van der Waals surface area contributed by atoms with Crippen LogP contribution in [0.25, 0.3) is 6.08 Å². The second-order valence-electron chi connectivity index (χ2n) is 10.7. The summed E-state index contributed by atoms with van der Waals surface area (Å²) in [5.74, 6) is 3.33. The van der Waals surface area contributed by atoms with Crippen LogP contribution in [0, 0.1) is 34.5 Å². The van der Waals surface area contributed by atoms with Crippen molar-refractivity contribution in [2.45, 2.75) is 77.7 Å². The van der Waals surface area contributed by atoms with Gasteiger partial charge in [0.1, 0.15) is 0 Å². The summed E-state index contributed by atoms with van der Waals surface area (Å²) >= 11 is 0. The van der Waals surface area contributed by atoms with Crippen LogP contribution in [-0.2, 0) is 7.05 Å². The zero-order valence-electron chi connectivity index (χ0n) is 17.3. The Hall–Kier alpha value is -1.09. The largest absolute Gasteiger partial charge is 0.388 e. The van der Waals surface area contributed by atoms with Gasteiger partial charge in [0.2, 0.25) is 0 Å². The fraction of sp³-hybridized carbons (Fsp3) is 0.792. The van der Waals surface area contributed by atoms with E-state index in [0.29, 0.717) is 11.3 Å². The fourth-order valence-corrected chi connectivity index (χ4v) is 8.02. The molecule has 148 valence electrons. The molecule has 7 atom stereocenters. The molecule has 3 nitrogen and oxygen atoms in total. The average molecular weight is 369 g/mol. The number of rotatable bonds is 1. The number of nitrogens with zero attached hydrogens (tertiary/aromatic N) is 2. The van der Waals surface area contributed by atoms with Crippen molar-refractivity contribution in [1.29, 1.82) is 0 Å². The molecular weight excluding hydrogens is 332 g/mol. The van der Waals surface area contributed by atoms with E-state index in [2.05, 4.69) is 31.2 Å². The molecule has 0 aliphatic heterocycles. The number of aromatic nitrogens is 2. The predicted octanol–water partition coefficient (Wildman–Crippen LogP) is 5.21. The molecule has 4 aliphatic carbocycles. The first-order valence-corrected chi connectivity index (χ1v) is 11.3. The normalized spacial score (nSPS) is 48.1. The van der Waals surface area contributed by atoms with E-state index in [-0.39, 0.29) is 11.5 Å². The first-order chi connectivity index (χ1) is 12.9. The summed E-state index contributed by atoms with van der Waals surface area (Å²) in [7, 11) is 1.96. The second kappa shape index (κ2) is 6.20. The lowest BCUT2D eigenvalue weighted by atomic mass is 9.45. The van der Waals surface area contributed by atoms with Gasteiger partial charge in [0.05, 0.1) is 12.3 Å². The SMILES string of the molecule is Cn1cc(/C=C2\C[C@@H]3[C@H]4CC[C@H]5CCCC[C@]5(C)[C@@H]4CC[C@]3(C)[C@@H]2O)cn1. The highest BCUT2D eigenvalue weighted by Gasteiger charge is 2.60. The Labute approximate surface area is 164 Å². The van der Waals surface area contributed by atoms with Crippen molar-refractivity contribution in [2.75, 3.05) is 0 Å². The molecule has 4 aliphatic rings. The van der Waals surface area contributed by atoms with Crippen LogP contribution in [0.15, 0.2) is 18.0 Å². The van der Waals surface area contributed by atoms with E-state index < -0.39 is 0 Å². The van der Waals surface area contributed by atoms with Crippen molar-refractivity contribution in [3.63, 3.8) is 0 Å². The van der Waals surface area contributed by atoms with Gasteiger partial charge in [-0.1, -0.05) is 32.8 Å². The van der Waals surface area contributed by atoms with Crippen molar-refractivity contribution in [3.8, 4) is 0 Å². The second-order valence-corrected chi connectivity index (χ2v) is 10.7. The molecule has 4 saturated carbocycles. The molecule has 4 fully saturated rings. The minimum atomic E-state index is -0.277. The fourth-order valence-electron chi connectivity index (χ4n) is 8.02. The van der Waals surface area contributed by atoms with Gasteiger partial charge in [0, 0.05) is 24.2 Å². The van der Waals surface area contributed by atoms with Gasteiger partial charge >= 0.3 is 0 Å². The number of hydrogen-bond donors (Lipinski definition) is 1. The van der Waals surface area contributed by atoms with E-state index in [1.54, 1.807) is 0 Å². The van der Waals surface area contributed by atoms with Gasteiger partial charge in [-0.05, 0) is 79.6 Å². The average Bonchev–Trinajstić information content (AvgIpc) is 3.16. The molecule has 27 heavy (non-hydrogen) atoms. The number of hydrogen-bond acceptors (Lipinski definition) is 2. The van der Waals surface area contributed by atoms with Crippen LogP contribution in [0.2, 0.25) is 0 Å². The summed E-state index contributed by atoms with van der Waals surface area (Å²) < 4.78 is 1.85. The van der Waals surface area contributed by atoms with Crippen LogP contribution in [0.3, 0.4) is 0 Å². The molecule has 1 aromatic heterocycles. The van der Waals surface area contributed by atoms with E-state index in [1.807, 2.05) is 17.9 Å².